The molecule has 4 nitrogen and oxygen atoms in total. The van der Waals surface area contributed by atoms with E-state index in [1.807, 2.05) is 7.11 Å². The molecule has 4 heteroatoms. The molecule has 0 spiro atoms. The zero-order valence-corrected chi connectivity index (χ0v) is 13.4. The lowest BCUT2D eigenvalue weighted by Crippen LogP contribution is -2.54. The lowest BCUT2D eigenvalue weighted by atomic mass is 9.84. The number of aliphatic hydroxyl groups excluding tert-OH is 1. The standard InChI is InChI=1S/C16H32N2O2/c1-13(2)17-16(12-19)8-4-5-14(16)6-9-18-10-7-15(11-18)20-3/h13-15,17,19H,4-12H2,1-3H3. The van der Waals surface area contributed by atoms with Crippen LogP contribution in [0.1, 0.15) is 46.0 Å². The SMILES string of the molecule is COC1CCN(CCC2CCCC2(CO)NC(C)C)C1. The highest BCUT2D eigenvalue weighted by Crippen LogP contribution is 2.38. The number of aliphatic hydroxyl groups is 1. The van der Waals surface area contributed by atoms with Crippen LogP contribution in [0.4, 0.5) is 0 Å². The summed E-state index contributed by atoms with van der Waals surface area (Å²) < 4.78 is 5.43. The minimum Gasteiger partial charge on any atom is -0.394 e. The normalized spacial score (nSPS) is 35.2. The fraction of sp³-hybridized carbons (Fsp3) is 1.00. The van der Waals surface area contributed by atoms with Crippen molar-refractivity contribution in [2.75, 3.05) is 33.4 Å². The van der Waals surface area contributed by atoms with Crippen LogP contribution in [0.15, 0.2) is 0 Å². The van der Waals surface area contributed by atoms with Crippen LogP contribution in [-0.4, -0.2) is 61.0 Å². The van der Waals surface area contributed by atoms with E-state index >= 15 is 0 Å². The highest BCUT2D eigenvalue weighted by Gasteiger charge is 2.42. The molecule has 3 unspecified atom stereocenters. The number of hydrogen-bond donors (Lipinski definition) is 2. The molecule has 3 atom stereocenters. The molecule has 0 radical (unpaired) electrons. The van der Waals surface area contributed by atoms with Crippen LogP contribution < -0.4 is 5.32 Å². The van der Waals surface area contributed by atoms with Gasteiger partial charge in [-0.05, 0) is 38.1 Å². The molecule has 1 aliphatic carbocycles. The third-order valence-corrected chi connectivity index (χ3v) is 5.17. The van der Waals surface area contributed by atoms with Crippen molar-refractivity contribution in [3.05, 3.63) is 0 Å². The van der Waals surface area contributed by atoms with Crippen molar-refractivity contribution < 1.29 is 9.84 Å². The first-order valence-electron chi connectivity index (χ1n) is 8.23. The van der Waals surface area contributed by atoms with E-state index < -0.39 is 0 Å². The van der Waals surface area contributed by atoms with Gasteiger partial charge in [0.25, 0.3) is 0 Å². The first kappa shape index (κ1) is 16.2. The molecule has 2 N–H and O–H groups in total. The maximum absolute atomic E-state index is 9.91. The van der Waals surface area contributed by atoms with Gasteiger partial charge in [-0.25, -0.2) is 0 Å². The van der Waals surface area contributed by atoms with Gasteiger partial charge < -0.3 is 20.1 Å². The van der Waals surface area contributed by atoms with E-state index in [0.29, 0.717) is 18.1 Å². The number of hydrogen-bond acceptors (Lipinski definition) is 4. The number of nitrogens with one attached hydrogen (secondary N) is 1. The van der Waals surface area contributed by atoms with Gasteiger partial charge in [-0.1, -0.05) is 20.3 Å². The molecule has 0 bridgehead atoms. The predicted molar refractivity (Wildman–Crippen MR) is 81.9 cm³/mol. The number of likely N-dealkylation sites (tertiary alicyclic amines) is 1. The van der Waals surface area contributed by atoms with Gasteiger partial charge in [-0.2, -0.15) is 0 Å². The Labute approximate surface area is 123 Å². The van der Waals surface area contributed by atoms with Gasteiger partial charge in [0, 0.05) is 31.8 Å². The van der Waals surface area contributed by atoms with E-state index in [1.165, 1.54) is 19.3 Å². The molecule has 0 aromatic heterocycles. The average molecular weight is 284 g/mol. The number of nitrogens with zero attached hydrogens (tertiary/aromatic N) is 1. The van der Waals surface area contributed by atoms with E-state index in [1.54, 1.807) is 0 Å². The van der Waals surface area contributed by atoms with Gasteiger partial charge in [0.1, 0.15) is 0 Å². The molecule has 1 heterocycles. The molecule has 20 heavy (non-hydrogen) atoms. The summed E-state index contributed by atoms with van der Waals surface area (Å²) in [6, 6.07) is 0.437. The molecular formula is C16H32N2O2. The molecule has 0 aromatic rings. The maximum atomic E-state index is 9.91. The molecule has 1 saturated heterocycles. The lowest BCUT2D eigenvalue weighted by Gasteiger charge is -2.37. The largest absolute Gasteiger partial charge is 0.394 e. The molecule has 0 aromatic carbocycles. The second kappa shape index (κ2) is 7.21. The van der Waals surface area contributed by atoms with Crippen LogP contribution in [0.25, 0.3) is 0 Å². The van der Waals surface area contributed by atoms with E-state index in [-0.39, 0.29) is 12.1 Å². The Morgan fingerprint density at radius 3 is 2.80 bits per heavy atom. The van der Waals surface area contributed by atoms with Crippen LogP contribution in [0.5, 0.6) is 0 Å². The van der Waals surface area contributed by atoms with Crippen LogP contribution in [0.3, 0.4) is 0 Å². The summed E-state index contributed by atoms with van der Waals surface area (Å²) in [4.78, 5) is 2.52. The van der Waals surface area contributed by atoms with Gasteiger partial charge in [0.05, 0.1) is 12.7 Å². The Balaban J connectivity index is 1.84. The molecule has 2 aliphatic rings. The van der Waals surface area contributed by atoms with Crippen LogP contribution >= 0.6 is 0 Å². The summed E-state index contributed by atoms with van der Waals surface area (Å²) in [6.07, 6.45) is 6.39. The summed E-state index contributed by atoms with van der Waals surface area (Å²) in [7, 11) is 1.81. The molecule has 0 amide bonds. The van der Waals surface area contributed by atoms with Crippen molar-refractivity contribution >= 4 is 0 Å². The number of ether oxygens (including phenoxy) is 1. The van der Waals surface area contributed by atoms with Crippen molar-refractivity contribution in [2.45, 2.75) is 63.6 Å². The van der Waals surface area contributed by atoms with E-state index in [4.69, 9.17) is 4.74 Å². The van der Waals surface area contributed by atoms with E-state index in [9.17, 15) is 5.11 Å². The first-order chi connectivity index (χ1) is 9.59. The van der Waals surface area contributed by atoms with Crippen molar-refractivity contribution in [1.29, 1.82) is 0 Å². The van der Waals surface area contributed by atoms with E-state index in [2.05, 4.69) is 24.1 Å². The van der Waals surface area contributed by atoms with Crippen molar-refractivity contribution in [3.63, 3.8) is 0 Å². The molecular weight excluding hydrogens is 252 g/mol. The Bertz CT molecular complexity index is 298. The van der Waals surface area contributed by atoms with Gasteiger partial charge in [0.2, 0.25) is 0 Å². The fourth-order valence-electron chi connectivity index (χ4n) is 4.11. The quantitative estimate of drug-likeness (QED) is 0.746. The zero-order chi connectivity index (χ0) is 14.6. The minimum absolute atomic E-state index is 0.0332. The smallest absolute Gasteiger partial charge is 0.0710 e. The molecule has 2 rings (SSSR count). The molecule has 2 fully saturated rings. The second-order valence-corrected chi connectivity index (χ2v) is 6.94. The van der Waals surface area contributed by atoms with Crippen LogP contribution in [0, 0.1) is 5.92 Å². The maximum Gasteiger partial charge on any atom is 0.0710 e. The van der Waals surface area contributed by atoms with Crippen LogP contribution in [-0.2, 0) is 4.74 Å². The van der Waals surface area contributed by atoms with Crippen LogP contribution in [0.2, 0.25) is 0 Å². The fourth-order valence-corrected chi connectivity index (χ4v) is 4.11. The van der Waals surface area contributed by atoms with Gasteiger partial charge in [0.15, 0.2) is 0 Å². The monoisotopic (exact) mass is 284 g/mol. The summed E-state index contributed by atoms with van der Waals surface area (Å²) in [6.45, 7) is 8.01. The Kier molecular flexibility index (Phi) is 5.84. The zero-order valence-electron chi connectivity index (χ0n) is 13.4. The lowest BCUT2D eigenvalue weighted by molar-refractivity contribution is 0.0952. The Hall–Kier alpha value is -0.160. The average Bonchev–Trinajstić information content (AvgIpc) is 3.02. The minimum atomic E-state index is -0.0332. The molecule has 118 valence electrons. The van der Waals surface area contributed by atoms with Gasteiger partial charge in [-0.3, -0.25) is 0 Å². The van der Waals surface area contributed by atoms with Gasteiger partial charge in [-0.15, -0.1) is 0 Å². The van der Waals surface area contributed by atoms with E-state index in [0.717, 1.165) is 32.5 Å². The predicted octanol–water partition coefficient (Wildman–Crippen LogP) is 1.63. The summed E-state index contributed by atoms with van der Waals surface area (Å²) in [5, 5.41) is 13.6. The highest BCUT2D eigenvalue weighted by molar-refractivity contribution is 5.00. The summed E-state index contributed by atoms with van der Waals surface area (Å²) in [5.74, 6) is 0.608. The summed E-state index contributed by atoms with van der Waals surface area (Å²) >= 11 is 0. The second-order valence-electron chi connectivity index (χ2n) is 6.94. The summed E-state index contributed by atoms with van der Waals surface area (Å²) in [5.41, 5.74) is -0.0332. The first-order valence-corrected chi connectivity index (χ1v) is 8.23. The third-order valence-electron chi connectivity index (χ3n) is 5.17. The molecule has 1 aliphatic heterocycles. The van der Waals surface area contributed by atoms with Gasteiger partial charge >= 0.3 is 0 Å². The molecule has 1 saturated carbocycles. The Morgan fingerprint density at radius 2 is 2.20 bits per heavy atom. The Morgan fingerprint density at radius 1 is 1.40 bits per heavy atom. The van der Waals surface area contributed by atoms with Crippen molar-refractivity contribution in [1.82, 2.24) is 10.2 Å². The van der Waals surface area contributed by atoms with Crippen molar-refractivity contribution in [3.8, 4) is 0 Å². The third kappa shape index (κ3) is 3.73. The van der Waals surface area contributed by atoms with Crippen molar-refractivity contribution in [2.24, 2.45) is 5.92 Å². The highest BCUT2D eigenvalue weighted by atomic mass is 16.5. The number of methoxy groups -OCH3 is 1. The number of rotatable bonds is 7. The topological polar surface area (TPSA) is 44.7 Å².